The topological polar surface area (TPSA) is 32.3 Å². The Bertz CT molecular complexity index is 741. The number of hydrogen-bond acceptors (Lipinski definition) is 2. The fraction of sp³-hybridized carbons (Fsp3) is 0.130. The van der Waals surface area contributed by atoms with E-state index in [1.165, 1.54) is 16.7 Å². The fourth-order valence-corrected chi connectivity index (χ4v) is 2.91. The molecule has 0 spiro atoms. The number of benzene rings is 3. The van der Waals surface area contributed by atoms with Gasteiger partial charge in [-0.2, -0.15) is 0 Å². The van der Waals surface area contributed by atoms with Crippen LogP contribution < -0.4 is 5.32 Å². The first-order valence-corrected chi connectivity index (χ1v) is 8.58. The first-order valence-electron chi connectivity index (χ1n) is 8.58. The Morgan fingerprint density at radius 2 is 1.24 bits per heavy atom. The Morgan fingerprint density at radius 3 is 1.72 bits per heavy atom. The normalized spacial score (nSPS) is 11.7. The van der Waals surface area contributed by atoms with E-state index in [0.717, 1.165) is 5.56 Å². The van der Waals surface area contributed by atoms with Crippen LogP contribution in [0.2, 0.25) is 0 Å². The van der Waals surface area contributed by atoms with Crippen LogP contribution in [-0.2, 0) is 0 Å². The molecule has 2 nitrogen and oxygen atoms in total. The van der Waals surface area contributed by atoms with Gasteiger partial charge in [0.25, 0.3) is 0 Å². The summed E-state index contributed by atoms with van der Waals surface area (Å²) < 4.78 is 0. The number of aliphatic hydroxyl groups is 1. The molecule has 0 saturated carbocycles. The SMILES string of the molecule is OCC(NCC=C(c1ccccc1)c1ccccc1)c1ccccc1. The molecular formula is C23H23NO. The van der Waals surface area contributed by atoms with Crippen molar-refractivity contribution in [3.63, 3.8) is 0 Å². The lowest BCUT2D eigenvalue weighted by Gasteiger charge is -2.16. The molecule has 0 amide bonds. The minimum atomic E-state index is -0.0646. The van der Waals surface area contributed by atoms with E-state index in [1.54, 1.807) is 0 Å². The zero-order valence-electron chi connectivity index (χ0n) is 14.2. The summed E-state index contributed by atoms with van der Waals surface area (Å²) in [4.78, 5) is 0. The van der Waals surface area contributed by atoms with E-state index in [1.807, 2.05) is 42.5 Å². The lowest BCUT2D eigenvalue weighted by molar-refractivity contribution is 0.248. The third-order valence-corrected chi connectivity index (χ3v) is 4.22. The van der Waals surface area contributed by atoms with Gasteiger partial charge in [-0.3, -0.25) is 0 Å². The Balaban J connectivity index is 1.80. The quantitative estimate of drug-likeness (QED) is 0.671. The molecule has 0 saturated heterocycles. The summed E-state index contributed by atoms with van der Waals surface area (Å²) in [5.74, 6) is 0. The van der Waals surface area contributed by atoms with E-state index in [9.17, 15) is 5.11 Å². The van der Waals surface area contributed by atoms with Gasteiger partial charge in [0.2, 0.25) is 0 Å². The first kappa shape index (κ1) is 17.2. The van der Waals surface area contributed by atoms with Crippen LogP contribution in [0, 0.1) is 0 Å². The molecule has 0 aromatic heterocycles. The average Bonchev–Trinajstić information content (AvgIpc) is 2.70. The molecule has 3 rings (SSSR count). The van der Waals surface area contributed by atoms with Crippen LogP contribution in [-0.4, -0.2) is 18.3 Å². The fourth-order valence-electron chi connectivity index (χ4n) is 2.91. The molecule has 2 heteroatoms. The second-order valence-electron chi connectivity index (χ2n) is 5.90. The Morgan fingerprint density at radius 1 is 0.760 bits per heavy atom. The molecule has 3 aromatic carbocycles. The van der Waals surface area contributed by atoms with Crippen molar-refractivity contribution in [2.45, 2.75) is 6.04 Å². The smallest absolute Gasteiger partial charge is 0.0626 e. The van der Waals surface area contributed by atoms with E-state index < -0.39 is 0 Å². The van der Waals surface area contributed by atoms with E-state index in [2.05, 4.69) is 59.9 Å². The van der Waals surface area contributed by atoms with Gasteiger partial charge in [-0.05, 0) is 22.3 Å². The molecule has 0 fully saturated rings. The molecule has 2 N–H and O–H groups in total. The zero-order chi connectivity index (χ0) is 17.3. The molecule has 0 heterocycles. The zero-order valence-corrected chi connectivity index (χ0v) is 14.2. The van der Waals surface area contributed by atoms with Gasteiger partial charge >= 0.3 is 0 Å². The van der Waals surface area contributed by atoms with Crippen LogP contribution in [0.3, 0.4) is 0 Å². The summed E-state index contributed by atoms with van der Waals surface area (Å²) in [5.41, 5.74) is 4.67. The Hall–Kier alpha value is -2.68. The van der Waals surface area contributed by atoms with Gasteiger partial charge in [0.1, 0.15) is 0 Å². The highest BCUT2D eigenvalue weighted by Gasteiger charge is 2.09. The van der Waals surface area contributed by atoms with E-state index in [-0.39, 0.29) is 12.6 Å². The highest BCUT2D eigenvalue weighted by molar-refractivity contribution is 5.79. The van der Waals surface area contributed by atoms with Gasteiger partial charge in [-0.1, -0.05) is 97.1 Å². The summed E-state index contributed by atoms with van der Waals surface area (Å²) >= 11 is 0. The molecule has 25 heavy (non-hydrogen) atoms. The number of hydrogen-bond donors (Lipinski definition) is 2. The molecule has 0 radical (unpaired) electrons. The highest BCUT2D eigenvalue weighted by atomic mass is 16.3. The van der Waals surface area contributed by atoms with Crippen LogP contribution in [0.5, 0.6) is 0 Å². The maximum atomic E-state index is 9.70. The van der Waals surface area contributed by atoms with Crippen LogP contribution in [0.15, 0.2) is 97.1 Å². The molecule has 0 aliphatic rings. The lowest BCUT2D eigenvalue weighted by atomic mass is 9.97. The monoisotopic (exact) mass is 329 g/mol. The van der Waals surface area contributed by atoms with Crippen LogP contribution in [0.25, 0.3) is 5.57 Å². The Kier molecular flexibility index (Phi) is 6.16. The molecule has 1 atom stereocenters. The van der Waals surface area contributed by atoms with Crippen molar-refractivity contribution in [1.82, 2.24) is 5.32 Å². The molecule has 3 aromatic rings. The molecule has 126 valence electrons. The van der Waals surface area contributed by atoms with Gasteiger partial charge in [-0.25, -0.2) is 0 Å². The molecule has 0 bridgehead atoms. The summed E-state index contributed by atoms with van der Waals surface area (Å²) in [6.07, 6.45) is 2.19. The third-order valence-electron chi connectivity index (χ3n) is 4.22. The summed E-state index contributed by atoms with van der Waals surface area (Å²) in [7, 11) is 0. The summed E-state index contributed by atoms with van der Waals surface area (Å²) in [6, 6.07) is 30.8. The minimum Gasteiger partial charge on any atom is -0.394 e. The van der Waals surface area contributed by atoms with E-state index >= 15 is 0 Å². The van der Waals surface area contributed by atoms with Gasteiger partial charge in [0, 0.05) is 6.54 Å². The Labute approximate surface area is 149 Å². The standard InChI is InChI=1S/C23H23NO/c25-18-23(21-14-8-3-9-15-21)24-17-16-22(19-10-4-1-5-11-19)20-12-6-2-7-13-20/h1-16,23-25H,17-18H2. The van der Waals surface area contributed by atoms with Crippen molar-refractivity contribution in [2.24, 2.45) is 0 Å². The number of aliphatic hydroxyl groups excluding tert-OH is 1. The van der Waals surface area contributed by atoms with E-state index in [0.29, 0.717) is 6.54 Å². The second-order valence-corrected chi connectivity index (χ2v) is 5.90. The predicted molar refractivity (Wildman–Crippen MR) is 104 cm³/mol. The number of nitrogens with one attached hydrogen (secondary N) is 1. The van der Waals surface area contributed by atoms with Gasteiger partial charge in [0.15, 0.2) is 0 Å². The molecule has 0 aliphatic heterocycles. The maximum absolute atomic E-state index is 9.70. The van der Waals surface area contributed by atoms with Crippen molar-refractivity contribution in [2.75, 3.05) is 13.2 Å². The van der Waals surface area contributed by atoms with Crippen molar-refractivity contribution in [3.05, 3.63) is 114 Å². The minimum absolute atomic E-state index is 0.0646. The highest BCUT2D eigenvalue weighted by Crippen LogP contribution is 2.23. The van der Waals surface area contributed by atoms with Gasteiger partial charge in [-0.15, -0.1) is 0 Å². The summed E-state index contributed by atoms with van der Waals surface area (Å²) in [6.45, 7) is 0.753. The van der Waals surface area contributed by atoms with Crippen LogP contribution in [0.4, 0.5) is 0 Å². The van der Waals surface area contributed by atoms with Crippen molar-refractivity contribution >= 4 is 5.57 Å². The van der Waals surface area contributed by atoms with Gasteiger partial charge in [0.05, 0.1) is 12.6 Å². The van der Waals surface area contributed by atoms with Crippen LogP contribution in [0.1, 0.15) is 22.7 Å². The molecule has 1 unspecified atom stereocenters. The summed E-state index contributed by atoms with van der Waals surface area (Å²) in [5, 5.41) is 13.1. The van der Waals surface area contributed by atoms with Crippen molar-refractivity contribution in [1.29, 1.82) is 0 Å². The van der Waals surface area contributed by atoms with E-state index in [4.69, 9.17) is 0 Å². The first-order chi connectivity index (χ1) is 12.4. The average molecular weight is 329 g/mol. The number of rotatable bonds is 7. The predicted octanol–water partition coefficient (Wildman–Crippen LogP) is 4.44. The molecular weight excluding hydrogens is 306 g/mol. The largest absolute Gasteiger partial charge is 0.394 e. The second kappa shape index (κ2) is 8.97. The van der Waals surface area contributed by atoms with Gasteiger partial charge < -0.3 is 10.4 Å². The van der Waals surface area contributed by atoms with Crippen molar-refractivity contribution < 1.29 is 5.11 Å². The maximum Gasteiger partial charge on any atom is 0.0626 e. The third kappa shape index (κ3) is 4.66. The molecule has 0 aliphatic carbocycles. The van der Waals surface area contributed by atoms with Crippen LogP contribution >= 0.6 is 0 Å². The lowest BCUT2D eigenvalue weighted by Crippen LogP contribution is -2.24. The van der Waals surface area contributed by atoms with Crippen molar-refractivity contribution in [3.8, 4) is 0 Å².